The molecule has 0 aliphatic rings. The molecule has 1 heterocycles. The number of halogens is 3. The molecule has 0 saturated heterocycles. The normalized spacial score (nSPS) is 11.0. The third kappa shape index (κ3) is 5.80. The van der Waals surface area contributed by atoms with E-state index in [-0.39, 0.29) is 30.3 Å². The number of benzene rings is 1. The molecule has 0 unspecified atom stereocenters. The lowest BCUT2D eigenvalue weighted by Crippen LogP contribution is -2.38. The first kappa shape index (κ1) is 19.3. The SMILES string of the molecule is C=CC(=O)NCc1ccc(C(=O)N(Cc2ccco2)CC(F)(F)F)cc1. The fraction of sp³-hybridized carbons (Fsp3) is 0.222. The van der Waals surface area contributed by atoms with E-state index >= 15 is 0 Å². The Bertz CT molecular complexity index is 753. The second-order valence-electron chi connectivity index (χ2n) is 5.47. The maximum Gasteiger partial charge on any atom is 0.406 e. The van der Waals surface area contributed by atoms with E-state index in [1.165, 1.54) is 30.5 Å². The van der Waals surface area contributed by atoms with Gasteiger partial charge < -0.3 is 14.6 Å². The molecule has 1 aromatic carbocycles. The minimum Gasteiger partial charge on any atom is -0.467 e. The third-order valence-electron chi connectivity index (χ3n) is 3.44. The number of hydrogen-bond acceptors (Lipinski definition) is 3. The van der Waals surface area contributed by atoms with Crippen LogP contribution in [0.4, 0.5) is 13.2 Å². The summed E-state index contributed by atoms with van der Waals surface area (Å²) in [5.41, 5.74) is 0.810. The Balaban J connectivity index is 2.11. The van der Waals surface area contributed by atoms with E-state index < -0.39 is 18.6 Å². The van der Waals surface area contributed by atoms with Crippen LogP contribution in [0.15, 0.2) is 59.7 Å². The van der Waals surface area contributed by atoms with E-state index in [1.54, 1.807) is 12.1 Å². The second-order valence-corrected chi connectivity index (χ2v) is 5.47. The molecule has 0 atom stereocenters. The van der Waals surface area contributed by atoms with Crippen LogP contribution in [0.25, 0.3) is 0 Å². The van der Waals surface area contributed by atoms with Crippen molar-refractivity contribution in [1.82, 2.24) is 10.2 Å². The average Bonchev–Trinajstić information content (AvgIpc) is 3.10. The Morgan fingerprint density at radius 3 is 2.42 bits per heavy atom. The lowest BCUT2D eigenvalue weighted by molar-refractivity contribution is -0.142. The predicted molar refractivity (Wildman–Crippen MR) is 88.0 cm³/mol. The van der Waals surface area contributed by atoms with Crippen molar-refractivity contribution in [2.24, 2.45) is 0 Å². The third-order valence-corrected chi connectivity index (χ3v) is 3.44. The molecule has 0 radical (unpaired) electrons. The molecule has 0 aliphatic heterocycles. The molecule has 0 spiro atoms. The molecule has 2 rings (SSSR count). The highest BCUT2D eigenvalue weighted by Crippen LogP contribution is 2.20. The highest BCUT2D eigenvalue weighted by molar-refractivity contribution is 5.94. The number of nitrogens with one attached hydrogen (secondary N) is 1. The van der Waals surface area contributed by atoms with Crippen molar-refractivity contribution in [3.63, 3.8) is 0 Å². The number of alkyl halides is 3. The zero-order valence-electron chi connectivity index (χ0n) is 13.8. The Labute approximate surface area is 148 Å². The summed E-state index contributed by atoms with van der Waals surface area (Å²) in [5, 5.41) is 2.57. The van der Waals surface area contributed by atoms with E-state index in [0.717, 1.165) is 6.08 Å². The van der Waals surface area contributed by atoms with Gasteiger partial charge in [-0.25, -0.2) is 0 Å². The van der Waals surface area contributed by atoms with E-state index in [2.05, 4.69) is 11.9 Å². The summed E-state index contributed by atoms with van der Waals surface area (Å²) in [4.78, 5) is 24.3. The van der Waals surface area contributed by atoms with Gasteiger partial charge in [-0.15, -0.1) is 0 Å². The summed E-state index contributed by atoms with van der Waals surface area (Å²) in [6.45, 7) is 1.87. The summed E-state index contributed by atoms with van der Waals surface area (Å²) in [6, 6.07) is 9.01. The first-order valence-corrected chi connectivity index (χ1v) is 7.66. The molecule has 0 fully saturated rings. The lowest BCUT2D eigenvalue weighted by Gasteiger charge is -2.23. The summed E-state index contributed by atoms with van der Waals surface area (Å²) < 4.78 is 43.5. The van der Waals surface area contributed by atoms with Crippen molar-refractivity contribution in [3.05, 3.63) is 72.2 Å². The predicted octanol–water partition coefficient (Wildman–Crippen LogP) is 3.29. The molecule has 0 aliphatic carbocycles. The van der Waals surface area contributed by atoms with E-state index in [1.807, 2.05) is 0 Å². The number of carbonyl (C=O) groups excluding carboxylic acids is 2. The van der Waals surface area contributed by atoms with Gasteiger partial charge in [-0.05, 0) is 35.9 Å². The molecular weight excluding hydrogens is 349 g/mol. The minimum atomic E-state index is -4.53. The van der Waals surface area contributed by atoms with Crippen LogP contribution in [0.5, 0.6) is 0 Å². The quantitative estimate of drug-likeness (QED) is 0.765. The average molecular weight is 366 g/mol. The number of carbonyl (C=O) groups is 2. The standard InChI is InChI=1S/C18H17F3N2O3/c1-2-16(24)22-10-13-5-7-14(8-6-13)17(25)23(12-18(19,20)21)11-15-4-3-9-26-15/h2-9H,1,10-12H2,(H,22,24). The summed E-state index contributed by atoms with van der Waals surface area (Å²) in [5.74, 6) is -0.855. The van der Waals surface area contributed by atoms with Crippen molar-refractivity contribution in [3.8, 4) is 0 Å². The van der Waals surface area contributed by atoms with Gasteiger partial charge in [-0.1, -0.05) is 18.7 Å². The second kappa shape index (κ2) is 8.37. The molecule has 5 nitrogen and oxygen atoms in total. The van der Waals surface area contributed by atoms with Crippen LogP contribution < -0.4 is 5.32 Å². The monoisotopic (exact) mass is 366 g/mol. The van der Waals surface area contributed by atoms with Gasteiger partial charge in [0, 0.05) is 12.1 Å². The van der Waals surface area contributed by atoms with Crippen LogP contribution in [-0.2, 0) is 17.9 Å². The van der Waals surface area contributed by atoms with Crippen molar-refractivity contribution in [2.45, 2.75) is 19.3 Å². The van der Waals surface area contributed by atoms with Gasteiger partial charge in [0.05, 0.1) is 12.8 Å². The molecule has 1 aromatic heterocycles. The molecule has 2 aromatic rings. The van der Waals surface area contributed by atoms with Gasteiger partial charge in [-0.2, -0.15) is 13.2 Å². The maximum atomic E-state index is 12.8. The van der Waals surface area contributed by atoms with Gasteiger partial charge >= 0.3 is 6.18 Å². The fourth-order valence-corrected chi connectivity index (χ4v) is 2.22. The number of furan rings is 1. The minimum absolute atomic E-state index is 0.111. The van der Waals surface area contributed by atoms with Gasteiger partial charge in [0.2, 0.25) is 5.91 Å². The number of rotatable bonds is 7. The van der Waals surface area contributed by atoms with Gasteiger partial charge in [0.15, 0.2) is 0 Å². The molecule has 8 heteroatoms. The Morgan fingerprint density at radius 2 is 1.88 bits per heavy atom. The van der Waals surface area contributed by atoms with E-state index in [9.17, 15) is 22.8 Å². The van der Waals surface area contributed by atoms with Crippen LogP contribution in [0.1, 0.15) is 21.7 Å². The number of amides is 2. The van der Waals surface area contributed by atoms with Crippen molar-refractivity contribution >= 4 is 11.8 Å². The van der Waals surface area contributed by atoms with Crippen LogP contribution in [0.3, 0.4) is 0 Å². The first-order valence-electron chi connectivity index (χ1n) is 7.66. The van der Waals surface area contributed by atoms with Crippen LogP contribution >= 0.6 is 0 Å². The van der Waals surface area contributed by atoms with E-state index in [4.69, 9.17) is 4.42 Å². The Morgan fingerprint density at radius 1 is 1.19 bits per heavy atom. The van der Waals surface area contributed by atoms with Crippen molar-refractivity contribution in [2.75, 3.05) is 6.54 Å². The zero-order chi connectivity index (χ0) is 19.2. The topological polar surface area (TPSA) is 62.6 Å². The molecule has 2 amide bonds. The molecule has 0 saturated carbocycles. The Hall–Kier alpha value is -3.03. The molecule has 1 N–H and O–H groups in total. The first-order chi connectivity index (χ1) is 12.3. The number of nitrogens with zero attached hydrogens (tertiary/aromatic N) is 1. The maximum absolute atomic E-state index is 12.8. The smallest absolute Gasteiger partial charge is 0.406 e. The summed E-state index contributed by atoms with van der Waals surface area (Å²) in [6.07, 6.45) is -2.07. The van der Waals surface area contributed by atoms with Gasteiger partial charge in [-0.3, -0.25) is 9.59 Å². The summed E-state index contributed by atoms with van der Waals surface area (Å²) in [7, 11) is 0. The highest BCUT2D eigenvalue weighted by Gasteiger charge is 2.33. The van der Waals surface area contributed by atoms with Crippen molar-refractivity contribution in [1.29, 1.82) is 0 Å². The van der Waals surface area contributed by atoms with E-state index in [0.29, 0.717) is 10.5 Å². The molecule has 26 heavy (non-hydrogen) atoms. The van der Waals surface area contributed by atoms with Crippen molar-refractivity contribution < 1.29 is 27.2 Å². The molecule has 0 bridgehead atoms. The Kier molecular flexibility index (Phi) is 6.21. The van der Waals surface area contributed by atoms with Crippen LogP contribution in [-0.4, -0.2) is 29.4 Å². The largest absolute Gasteiger partial charge is 0.467 e. The van der Waals surface area contributed by atoms with Crippen LogP contribution in [0.2, 0.25) is 0 Å². The summed E-state index contributed by atoms with van der Waals surface area (Å²) >= 11 is 0. The van der Waals surface area contributed by atoms with Gasteiger partial charge in [0.25, 0.3) is 5.91 Å². The zero-order valence-corrected chi connectivity index (χ0v) is 13.8. The molecular formula is C18H17F3N2O3. The van der Waals surface area contributed by atoms with Gasteiger partial charge in [0.1, 0.15) is 12.3 Å². The molecule has 138 valence electrons. The fourth-order valence-electron chi connectivity index (χ4n) is 2.22. The number of hydrogen-bond donors (Lipinski definition) is 1. The lowest BCUT2D eigenvalue weighted by atomic mass is 10.1. The highest BCUT2D eigenvalue weighted by atomic mass is 19.4. The van der Waals surface area contributed by atoms with Crippen LogP contribution in [0, 0.1) is 0 Å².